The molecule has 1 N–H and O–H groups in total. The van der Waals surface area contributed by atoms with Gasteiger partial charge in [0.2, 0.25) is 5.91 Å². The number of carbonyl (C=O) groups is 1. The van der Waals surface area contributed by atoms with Gasteiger partial charge in [-0.3, -0.25) is 14.2 Å². The number of nitrogens with one attached hydrogen (secondary N) is 1. The topological polar surface area (TPSA) is 73.2 Å². The van der Waals surface area contributed by atoms with Gasteiger partial charge < -0.3 is 10.1 Å². The number of ether oxygens (including phenoxy) is 1. The number of fused-ring (bicyclic) bond motifs is 1. The highest BCUT2D eigenvalue weighted by Gasteiger charge is 2.21. The van der Waals surface area contributed by atoms with Gasteiger partial charge in [-0.25, -0.2) is 4.98 Å². The summed E-state index contributed by atoms with van der Waals surface area (Å²) in [6.07, 6.45) is 3.87. The van der Waals surface area contributed by atoms with E-state index in [0.29, 0.717) is 27.6 Å². The smallest absolute Gasteiger partial charge is 0.262 e. The van der Waals surface area contributed by atoms with Gasteiger partial charge in [0.25, 0.3) is 5.56 Å². The lowest BCUT2D eigenvalue weighted by atomic mass is 10.2. The Morgan fingerprint density at radius 1 is 1.50 bits per heavy atom. The zero-order chi connectivity index (χ0) is 20.1. The Bertz CT molecular complexity index is 896. The molecular formula is C20H26ClN3O3S. The van der Waals surface area contributed by atoms with Crippen molar-refractivity contribution in [1.29, 1.82) is 0 Å². The molecule has 0 aliphatic carbocycles. The molecule has 152 valence electrons. The number of nitrogens with zero attached hydrogens (tertiary/aromatic N) is 2. The molecule has 0 radical (unpaired) electrons. The summed E-state index contributed by atoms with van der Waals surface area (Å²) in [5, 5.41) is 4.55. The van der Waals surface area contributed by atoms with Gasteiger partial charge in [0.1, 0.15) is 0 Å². The maximum Gasteiger partial charge on any atom is 0.262 e. The zero-order valence-corrected chi connectivity index (χ0v) is 17.8. The van der Waals surface area contributed by atoms with Crippen molar-refractivity contribution in [3.8, 4) is 0 Å². The number of carbonyl (C=O) groups excluding carboxylic acids is 1. The van der Waals surface area contributed by atoms with Crippen LogP contribution in [0.2, 0.25) is 5.02 Å². The van der Waals surface area contributed by atoms with Crippen molar-refractivity contribution in [3.63, 3.8) is 0 Å². The summed E-state index contributed by atoms with van der Waals surface area (Å²) in [6, 6.07) is 5.21. The van der Waals surface area contributed by atoms with Crippen molar-refractivity contribution in [3.05, 3.63) is 33.6 Å². The quantitative estimate of drug-likeness (QED) is 0.518. The average Bonchev–Trinajstić information content (AvgIpc) is 3.16. The summed E-state index contributed by atoms with van der Waals surface area (Å²) in [7, 11) is 0. The second kappa shape index (κ2) is 9.76. The summed E-state index contributed by atoms with van der Waals surface area (Å²) in [5.74, 6) is 0.146. The third-order valence-electron chi connectivity index (χ3n) is 4.75. The van der Waals surface area contributed by atoms with Crippen LogP contribution in [-0.4, -0.2) is 40.0 Å². The van der Waals surface area contributed by atoms with Crippen LogP contribution in [0.3, 0.4) is 0 Å². The Morgan fingerprint density at radius 3 is 3.04 bits per heavy atom. The molecule has 1 amide bonds. The Balaban J connectivity index is 1.85. The fourth-order valence-electron chi connectivity index (χ4n) is 3.39. The predicted molar refractivity (Wildman–Crippen MR) is 113 cm³/mol. The van der Waals surface area contributed by atoms with E-state index in [0.717, 1.165) is 32.3 Å². The Kier molecular flexibility index (Phi) is 7.37. The van der Waals surface area contributed by atoms with Crippen LogP contribution in [0.25, 0.3) is 10.9 Å². The van der Waals surface area contributed by atoms with Crippen molar-refractivity contribution in [1.82, 2.24) is 14.9 Å². The van der Waals surface area contributed by atoms with Gasteiger partial charge in [-0.15, -0.1) is 0 Å². The summed E-state index contributed by atoms with van der Waals surface area (Å²) in [5.41, 5.74) is 0.419. The molecule has 2 heterocycles. The molecule has 1 fully saturated rings. The van der Waals surface area contributed by atoms with Crippen LogP contribution in [0.5, 0.6) is 0 Å². The molecular weight excluding hydrogens is 398 g/mol. The van der Waals surface area contributed by atoms with Gasteiger partial charge in [0.15, 0.2) is 5.16 Å². The highest BCUT2D eigenvalue weighted by atomic mass is 35.5. The van der Waals surface area contributed by atoms with Gasteiger partial charge in [0, 0.05) is 17.7 Å². The molecule has 3 rings (SSSR count). The van der Waals surface area contributed by atoms with E-state index in [1.807, 2.05) is 6.92 Å². The highest BCUT2D eigenvalue weighted by Crippen LogP contribution is 2.22. The molecule has 1 aliphatic heterocycles. The Morgan fingerprint density at radius 2 is 2.32 bits per heavy atom. The molecule has 1 saturated heterocycles. The van der Waals surface area contributed by atoms with Crippen molar-refractivity contribution in [2.24, 2.45) is 0 Å². The van der Waals surface area contributed by atoms with E-state index in [1.165, 1.54) is 11.8 Å². The number of hydrogen-bond acceptors (Lipinski definition) is 5. The molecule has 8 heteroatoms. The Hall–Kier alpha value is -1.57. The van der Waals surface area contributed by atoms with E-state index < -0.39 is 0 Å². The van der Waals surface area contributed by atoms with Gasteiger partial charge in [-0.1, -0.05) is 36.7 Å². The third-order valence-corrected chi connectivity index (χ3v) is 5.97. The number of benzene rings is 1. The molecule has 0 bridgehead atoms. The SMILES string of the molecule is CCCC(C)NC(=O)CSc1nc2cc(Cl)ccc2c(=O)n1CC1CCCO1. The minimum absolute atomic E-state index is 0.00185. The standard InChI is InChI=1S/C20H26ClN3O3S/c1-3-5-13(2)22-18(25)12-28-20-23-17-10-14(21)7-8-16(17)19(26)24(20)11-15-6-4-9-27-15/h7-8,10,13,15H,3-6,9,11-12H2,1-2H3,(H,22,25). The monoisotopic (exact) mass is 423 g/mol. The van der Waals surface area contributed by atoms with E-state index in [2.05, 4.69) is 17.2 Å². The van der Waals surface area contributed by atoms with Gasteiger partial charge >= 0.3 is 0 Å². The molecule has 0 spiro atoms. The molecule has 2 unspecified atom stereocenters. The lowest BCUT2D eigenvalue weighted by Gasteiger charge is -2.17. The normalized spacial score (nSPS) is 17.8. The van der Waals surface area contributed by atoms with Crippen LogP contribution in [0.15, 0.2) is 28.2 Å². The van der Waals surface area contributed by atoms with Gasteiger partial charge in [-0.05, 0) is 44.4 Å². The predicted octanol–water partition coefficient (Wildman–Crippen LogP) is 3.63. The van der Waals surface area contributed by atoms with Crippen molar-refractivity contribution < 1.29 is 9.53 Å². The first-order valence-corrected chi connectivity index (χ1v) is 11.1. The fraction of sp³-hybridized carbons (Fsp3) is 0.550. The van der Waals surface area contributed by atoms with Crippen LogP contribution in [0, 0.1) is 0 Å². The van der Waals surface area contributed by atoms with Crippen molar-refractivity contribution in [2.75, 3.05) is 12.4 Å². The summed E-state index contributed by atoms with van der Waals surface area (Å²) >= 11 is 7.35. The first-order chi connectivity index (χ1) is 13.5. The van der Waals surface area contributed by atoms with E-state index in [-0.39, 0.29) is 29.4 Å². The van der Waals surface area contributed by atoms with Crippen LogP contribution in [0.4, 0.5) is 0 Å². The fourth-order valence-corrected chi connectivity index (χ4v) is 4.37. The minimum Gasteiger partial charge on any atom is -0.376 e. The molecule has 1 aliphatic rings. The van der Waals surface area contributed by atoms with Gasteiger partial charge in [-0.2, -0.15) is 0 Å². The molecule has 28 heavy (non-hydrogen) atoms. The molecule has 2 aromatic rings. The van der Waals surface area contributed by atoms with E-state index in [9.17, 15) is 9.59 Å². The minimum atomic E-state index is -0.126. The number of rotatable bonds is 8. The maximum absolute atomic E-state index is 13.1. The first kappa shape index (κ1) is 21.1. The van der Waals surface area contributed by atoms with E-state index in [4.69, 9.17) is 16.3 Å². The lowest BCUT2D eigenvalue weighted by Crippen LogP contribution is -2.34. The highest BCUT2D eigenvalue weighted by molar-refractivity contribution is 7.99. The molecule has 1 aromatic heterocycles. The van der Waals surface area contributed by atoms with Gasteiger partial charge in [0.05, 0.1) is 29.3 Å². The molecule has 0 saturated carbocycles. The molecule has 1 aromatic carbocycles. The van der Waals surface area contributed by atoms with Crippen LogP contribution in [0.1, 0.15) is 39.5 Å². The second-order valence-corrected chi connectivity index (χ2v) is 8.53. The molecule has 6 nitrogen and oxygen atoms in total. The summed E-state index contributed by atoms with van der Waals surface area (Å²) in [6.45, 7) is 5.25. The van der Waals surface area contributed by atoms with Crippen LogP contribution >= 0.6 is 23.4 Å². The zero-order valence-electron chi connectivity index (χ0n) is 16.2. The number of aromatic nitrogens is 2. The average molecular weight is 424 g/mol. The summed E-state index contributed by atoms with van der Waals surface area (Å²) in [4.78, 5) is 30.0. The van der Waals surface area contributed by atoms with Crippen LogP contribution in [-0.2, 0) is 16.1 Å². The maximum atomic E-state index is 13.1. The lowest BCUT2D eigenvalue weighted by molar-refractivity contribution is -0.119. The second-order valence-electron chi connectivity index (χ2n) is 7.15. The third kappa shape index (κ3) is 5.27. The number of amides is 1. The van der Waals surface area contributed by atoms with E-state index >= 15 is 0 Å². The van der Waals surface area contributed by atoms with E-state index in [1.54, 1.807) is 22.8 Å². The number of hydrogen-bond donors (Lipinski definition) is 1. The van der Waals surface area contributed by atoms with Crippen molar-refractivity contribution in [2.45, 2.75) is 63.4 Å². The molecule has 2 atom stereocenters. The largest absolute Gasteiger partial charge is 0.376 e. The van der Waals surface area contributed by atoms with Crippen molar-refractivity contribution >= 4 is 40.2 Å². The van der Waals surface area contributed by atoms with Crippen LogP contribution < -0.4 is 10.9 Å². The summed E-state index contributed by atoms with van der Waals surface area (Å²) < 4.78 is 7.34. The number of thioether (sulfide) groups is 1. The first-order valence-electron chi connectivity index (χ1n) is 9.71. The number of halogens is 1. The Labute approximate surface area is 174 Å².